The molecule has 1 aliphatic rings. The molecule has 0 fully saturated rings. The van der Waals surface area contributed by atoms with Crippen molar-refractivity contribution in [2.75, 3.05) is 19.8 Å². The van der Waals surface area contributed by atoms with Crippen LogP contribution in [0.25, 0.3) is 0 Å². The Morgan fingerprint density at radius 3 is 2.00 bits per heavy atom. The summed E-state index contributed by atoms with van der Waals surface area (Å²) in [5.74, 6) is -0.118. The number of cyclic esters (lactones) is 1. The van der Waals surface area contributed by atoms with Gasteiger partial charge in [-0.15, -0.1) is 0 Å². The molecule has 0 unspecified atom stereocenters. The molecule has 0 saturated carbocycles. The van der Waals surface area contributed by atoms with Crippen LogP contribution in [0.3, 0.4) is 0 Å². The second kappa shape index (κ2) is 14.8. The van der Waals surface area contributed by atoms with E-state index in [2.05, 4.69) is 0 Å². The fourth-order valence-corrected chi connectivity index (χ4v) is 2.92. The average Bonchev–Trinajstić information content (AvgIpc) is 3.00. The van der Waals surface area contributed by atoms with Gasteiger partial charge in [0.15, 0.2) is 0 Å². The molecular weight excluding hydrogens is 320 g/mol. The van der Waals surface area contributed by atoms with E-state index in [1.165, 1.54) is 51.4 Å². The summed E-state index contributed by atoms with van der Waals surface area (Å²) >= 11 is 0. The van der Waals surface area contributed by atoms with Gasteiger partial charge in [0.2, 0.25) is 0 Å². The first kappa shape index (κ1) is 21.5. The van der Waals surface area contributed by atoms with Gasteiger partial charge >= 0.3 is 12.1 Å². The number of unbranched alkanes of at least 4 members (excludes halogenated alkanes) is 10. The first-order valence-electron chi connectivity index (χ1n) is 9.89. The Balaban J connectivity index is 1.73. The lowest BCUT2D eigenvalue weighted by molar-refractivity contribution is -0.136. The van der Waals surface area contributed by atoms with Gasteiger partial charge < -0.3 is 14.2 Å². The van der Waals surface area contributed by atoms with Gasteiger partial charge in [0.1, 0.15) is 6.61 Å². The number of hydrogen-bond donors (Lipinski definition) is 0. The number of carbonyl (C=O) groups excluding carboxylic acids is 2. The normalized spacial score (nSPS) is 13.5. The second-order valence-electron chi connectivity index (χ2n) is 6.50. The van der Waals surface area contributed by atoms with Crippen LogP contribution in [0.2, 0.25) is 0 Å². The van der Waals surface area contributed by atoms with Crippen LogP contribution in [0.4, 0.5) is 4.79 Å². The van der Waals surface area contributed by atoms with Crippen LogP contribution in [-0.2, 0) is 19.0 Å². The summed E-state index contributed by atoms with van der Waals surface area (Å²) in [5.41, 5.74) is 0.868. The van der Waals surface area contributed by atoms with Crippen LogP contribution in [0, 0.1) is 0 Å². The fourth-order valence-electron chi connectivity index (χ4n) is 2.92. The van der Waals surface area contributed by atoms with Crippen molar-refractivity contribution in [1.29, 1.82) is 0 Å². The molecule has 0 spiro atoms. The Morgan fingerprint density at radius 2 is 1.48 bits per heavy atom. The minimum Gasteiger partial charge on any atom is -0.458 e. The molecule has 5 heteroatoms. The summed E-state index contributed by atoms with van der Waals surface area (Å²) in [6, 6.07) is 0. The molecule has 1 heterocycles. The Kier molecular flexibility index (Phi) is 12.7. The Labute approximate surface area is 152 Å². The smallest absolute Gasteiger partial charge is 0.458 e. The molecule has 0 aromatic carbocycles. The zero-order chi connectivity index (χ0) is 18.2. The topological polar surface area (TPSA) is 61.8 Å². The molecule has 0 aromatic heterocycles. The number of hydrogen-bond acceptors (Lipinski definition) is 5. The highest BCUT2D eigenvalue weighted by Gasteiger charge is 2.15. The standard InChI is InChI=1S/C20H34O5/c1-2-23-20(22)25-16-13-11-9-7-5-3-4-6-8-10-12-14-18-15-17-24-19(18)21/h15H,2-14,16-17H2,1H3. The van der Waals surface area contributed by atoms with Crippen molar-refractivity contribution >= 4 is 12.1 Å². The average molecular weight is 354 g/mol. The first-order valence-corrected chi connectivity index (χ1v) is 9.89. The van der Waals surface area contributed by atoms with Crippen LogP contribution in [0.15, 0.2) is 11.6 Å². The van der Waals surface area contributed by atoms with Gasteiger partial charge in [-0.3, -0.25) is 0 Å². The summed E-state index contributed by atoms with van der Waals surface area (Å²) < 4.78 is 14.5. The summed E-state index contributed by atoms with van der Waals surface area (Å²) in [6.45, 7) is 3.07. The van der Waals surface area contributed by atoms with E-state index in [4.69, 9.17) is 14.2 Å². The van der Waals surface area contributed by atoms with Crippen LogP contribution in [-0.4, -0.2) is 31.9 Å². The number of ether oxygens (including phenoxy) is 3. The SMILES string of the molecule is CCOC(=O)OCCCCCCCCCCCCCC1=CCOC1=O. The van der Waals surface area contributed by atoms with E-state index in [0.29, 0.717) is 19.8 Å². The third-order valence-electron chi connectivity index (χ3n) is 4.38. The zero-order valence-corrected chi connectivity index (χ0v) is 15.7. The molecule has 0 aromatic rings. The molecule has 25 heavy (non-hydrogen) atoms. The zero-order valence-electron chi connectivity index (χ0n) is 15.7. The maximum atomic E-state index is 11.3. The third-order valence-corrected chi connectivity index (χ3v) is 4.38. The minimum absolute atomic E-state index is 0.118. The summed E-state index contributed by atoms with van der Waals surface area (Å²) in [6.07, 6.45) is 15.5. The Morgan fingerprint density at radius 1 is 0.920 bits per heavy atom. The van der Waals surface area contributed by atoms with Crippen LogP contribution < -0.4 is 0 Å². The van der Waals surface area contributed by atoms with Crippen molar-refractivity contribution in [3.8, 4) is 0 Å². The molecule has 0 N–H and O–H groups in total. The molecule has 0 bridgehead atoms. The van der Waals surface area contributed by atoms with Crippen molar-refractivity contribution in [3.63, 3.8) is 0 Å². The fraction of sp³-hybridized carbons (Fsp3) is 0.800. The third kappa shape index (κ3) is 11.6. The summed E-state index contributed by atoms with van der Waals surface area (Å²) in [5, 5.41) is 0. The number of rotatable bonds is 15. The van der Waals surface area contributed by atoms with E-state index in [-0.39, 0.29) is 5.97 Å². The summed E-state index contributed by atoms with van der Waals surface area (Å²) in [4.78, 5) is 22.2. The number of esters is 1. The van der Waals surface area contributed by atoms with Crippen molar-refractivity contribution in [1.82, 2.24) is 0 Å². The maximum Gasteiger partial charge on any atom is 0.508 e. The van der Waals surface area contributed by atoms with Crippen molar-refractivity contribution in [3.05, 3.63) is 11.6 Å². The van der Waals surface area contributed by atoms with Gasteiger partial charge in [0, 0.05) is 5.57 Å². The molecule has 0 radical (unpaired) electrons. The minimum atomic E-state index is -0.553. The predicted molar refractivity (Wildman–Crippen MR) is 97.4 cm³/mol. The molecule has 0 saturated heterocycles. The largest absolute Gasteiger partial charge is 0.508 e. The molecule has 0 atom stereocenters. The van der Waals surface area contributed by atoms with Crippen LogP contribution >= 0.6 is 0 Å². The lowest BCUT2D eigenvalue weighted by Crippen LogP contribution is -2.07. The highest BCUT2D eigenvalue weighted by Crippen LogP contribution is 2.17. The quantitative estimate of drug-likeness (QED) is 0.294. The van der Waals surface area contributed by atoms with E-state index < -0.39 is 6.16 Å². The predicted octanol–water partition coefficient (Wildman–Crippen LogP) is 5.32. The van der Waals surface area contributed by atoms with Gasteiger partial charge in [0.25, 0.3) is 0 Å². The van der Waals surface area contributed by atoms with Gasteiger partial charge in [0.05, 0.1) is 13.2 Å². The molecule has 144 valence electrons. The number of carbonyl (C=O) groups is 2. The maximum absolute atomic E-state index is 11.3. The van der Waals surface area contributed by atoms with E-state index in [9.17, 15) is 9.59 Å². The van der Waals surface area contributed by atoms with Crippen molar-refractivity contribution < 1.29 is 23.8 Å². The highest BCUT2D eigenvalue weighted by molar-refractivity contribution is 5.90. The first-order chi connectivity index (χ1) is 12.2. The van der Waals surface area contributed by atoms with Gasteiger partial charge in [-0.2, -0.15) is 0 Å². The summed E-state index contributed by atoms with van der Waals surface area (Å²) in [7, 11) is 0. The molecule has 5 nitrogen and oxygen atoms in total. The van der Waals surface area contributed by atoms with Gasteiger partial charge in [-0.25, -0.2) is 9.59 Å². The molecular formula is C20H34O5. The van der Waals surface area contributed by atoms with Crippen LogP contribution in [0.5, 0.6) is 0 Å². The highest BCUT2D eigenvalue weighted by atomic mass is 16.7. The van der Waals surface area contributed by atoms with E-state index >= 15 is 0 Å². The lowest BCUT2D eigenvalue weighted by Gasteiger charge is -2.05. The molecule has 0 amide bonds. The van der Waals surface area contributed by atoms with Crippen molar-refractivity contribution in [2.45, 2.75) is 84.0 Å². The van der Waals surface area contributed by atoms with Gasteiger partial charge in [-0.05, 0) is 32.3 Å². The monoisotopic (exact) mass is 354 g/mol. The molecule has 1 rings (SSSR count). The second-order valence-corrected chi connectivity index (χ2v) is 6.50. The van der Waals surface area contributed by atoms with E-state index in [0.717, 1.165) is 31.3 Å². The lowest BCUT2D eigenvalue weighted by atomic mass is 10.0. The van der Waals surface area contributed by atoms with Crippen LogP contribution in [0.1, 0.15) is 84.0 Å². The Hall–Kier alpha value is -1.52. The van der Waals surface area contributed by atoms with E-state index in [1.54, 1.807) is 6.92 Å². The van der Waals surface area contributed by atoms with Gasteiger partial charge in [-0.1, -0.05) is 57.8 Å². The van der Waals surface area contributed by atoms with E-state index in [1.807, 2.05) is 6.08 Å². The van der Waals surface area contributed by atoms with Crippen molar-refractivity contribution in [2.24, 2.45) is 0 Å². The molecule has 0 aliphatic carbocycles. The Bertz CT molecular complexity index is 403. The molecule has 1 aliphatic heterocycles.